The van der Waals surface area contributed by atoms with E-state index in [4.69, 9.17) is 4.79 Å². The Balaban J connectivity index is 0.00000134. The molecule has 0 spiro atoms. The normalized spacial score (nSPS) is 12.5. The van der Waals surface area contributed by atoms with Crippen molar-refractivity contribution in [2.24, 2.45) is 5.73 Å². The van der Waals surface area contributed by atoms with Gasteiger partial charge >= 0.3 is 0 Å². The minimum atomic E-state index is -0.0167. The van der Waals surface area contributed by atoms with Crippen LogP contribution in [0.25, 0.3) is 5.57 Å². The molecule has 134 valence electrons. The second-order valence-corrected chi connectivity index (χ2v) is 5.52. The number of carbonyl (C=O) groups is 2. The van der Waals surface area contributed by atoms with Gasteiger partial charge in [-0.2, -0.15) is 12.8 Å². The van der Waals surface area contributed by atoms with Crippen molar-refractivity contribution in [2.75, 3.05) is 13.1 Å². The molecule has 2 rings (SSSR count). The molecule has 5 nitrogen and oxygen atoms in total. The van der Waals surface area contributed by atoms with Gasteiger partial charge < -0.3 is 16.4 Å². The molecule has 0 atom stereocenters. The molecule has 1 aromatic carbocycles. The summed E-state index contributed by atoms with van der Waals surface area (Å²) in [5.41, 5.74) is 7.81. The Morgan fingerprint density at radius 2 is 2.00 bits per heavy atom. The van der Waals surface area contributed by atoms with Crippen molar-refractivity contribution in [1.82, 2.24) is 10.6 Å². The molecular weight excluding hydrogens is 446 g/mol. The molecule has 0 aliphatic heterocycles. The number of rotatable bonds is 8. The van der Waals surface area contributed by atoms with Crippen LogP contribution in [0.2, 0.25) is 0 Å². The van der Waals surface area contributed by atoms with Crippen molar-refractivity contribution in [1.29, 1.82) is 0 Å². The molecule has 1 aliphatic rings. The van der Waals surface area contributed by atoms with Crippen molar-refractivity contribution in [2.45, 2.75) is 26.2 Å². The Morgan fingerprint density at radius 1 is 1.36 bits per heavy atom. The van der Waals surface area contributed by atoms with Crippen LogP contribution < -0.4 is 16.4 Å². The molecule has 0 radical (unpaired) electrons. The molecular formula is C19H26N3NdO2-. The second-order valence-electron chi connectivity index (χ2n) is 5.52. The van der Waals surface area contributed by atoms with Gasteiger partial charge in [0.05, 0.1) is 0 Å². The summed E-state index contributed by atoms with van der Waals surface area (Å²) in [6.45, 7) is 7.64. The molecule has 0 unspecified atom stereocenters. The minimum absolute atomic E-state index is 0. The molecule has 1 aromatic rings. The van der Waals surface area contributed by atoms with E-state index in [-0.39, 0.29) is 53.2 Å². The minimum Gasteiger partial charge on any atom is -0.499 e. The summed E-state index contributed by atoms with van der Waals surface area (Å²) in [6, 6.07) is 9.50. The van der Waals surface area contributed by atoms with Gasteiger partial charge in [0.2, 0.25) is 12.3 Å². The number of carbonyl (C=O) groups excluding carboxylic acids is 2. The van der Waals surface area contributed by atoms with Crippen LogP contribution in [0.5, 0.6) is 0 Å². The van der Waals surface area contributed by atoms with Crippen molar-refractivity contribution < 1.29 is 50.4 Å². The summed E-state index contributed by atoms with van der Waals surface area (Å²) in [4.78, 5) is 20.0. The topological polar surface area (TPSA) is 84.2 Å². The van der Waals surface area contributed by atoms with Crippen molar-refractivity contribution in [3.8, 4) is 0 Å². The van der Waals surface area contributed by atoms with E-state index in [1.165, 1.54) is 11.1 Å². The zero-order valence-corrected chi connectivity index (χ0v) is 17.9. The summed E-state index contributed by atoms with van der Waals surface area (Å²) in [6.07, 6.45) is 6.75. The molecule has 4 N–H and O–H groups in total. The molecule has 0 bridgehead atoms. The molecule has 25 heavy (non-hydrogen) atoms. The fraction of sp³-hybridized carbons (Fsp3) is 0.316. The van der Waals surface area contributed by atoms with E-state index < -0.39 is 0 Å². The summed E-state index contributed by atoms with van der Waals surface area (Å²) in [5, 5.41) is 6.17. The van der Waals surface area contributed by atoms with Gasteiger partial charge in [-0.1, -0.05) is 42.5 Å². The van der Waals surface area contributed by atoms with E-state index >= 15 is 0 Å². The van der Waals surface area contributed by atoms with Gasteiger partial charge in [-0.05, 0) is 37.1 Å². The SMILES string of the molecule is C=C(C)c1ccccc1CCNC/C=C/C(=O)N[C-]1CC1.NC=O.[Nd]. The third-order valence-electron chi connectivity index (χ3n) is 3.38. The van der Waals surface area contributed by atoms with Crippen LogP contribution in [0.15, 0.2) is 43.0 Å². The maximum atomic E-state index is 11.4. The predicted molar refractivity (Wildman–Crippen MR) is 97.7 cm³/mol. The smallest absolute Gasteiger partial charge is 0.214 e. The van der Waals surface area contributed by atoms with E-state index in [0.29, 0.717) is 6.54 Å². The first kappa shape index (κ1) is 24.0. The third-order valence-corrected chi connectivity index (χ3v) is 3.38. The van der Waals surface area contributed by atoms with E-state index in [1.54, 1.807) is 6.08 Å². The van der Waals surface area contributed by atoms with Gasteiger partial charge in [0.25, 0.3) is 0 Å². The molecule has 0 aromatic heterocycles. The van der Waals surface area contributed by atoms with Crippen LogP contribution in [0, 0.1) is 46.9 Å². The molecule has 2 amide bonds. The largest absolute Gasteiger partial charge is 0.499 e. The van der Waals surface area contributed by atoms with Gasteiger partial charge in [-0.3, -0.25) is 9.59 Å². The quantitative estimate of drug-likeness (QED) is 0.234. The summed E-state index contributed by atoms with van der Waals surface area (Å²) in [5.74, 6) is -0.0167. The van der Waals surface area contributed by atoms with Gasteiger partial charge in [0.1, 0.15) is 0 Å². The average Bonchev–Trinajstić information content (AvgIpc) is 3.35. The third kappa shape index (κ3) is 11.2. The Bertz CT molecular complexity index is 584. The summed E-state index contributed by atoms with van der Waals surface area (Å²) >= 11 is 0. The number of benzene rings is 1. The molecule has 6 heteroatoms. The van der Waals surface area contributed by atoms with Crippen molar-refractivity contribution >= 4 is 17.9 Å². The Morgan fingerprint density at radius 3 is 2.60 bits per heavy atom. The van der Waals surface area contributed by atoms with Gasteiger partial charge in [-0.15, -0.1) is 0 Å². The van der Waals surface area contributed by atoms with Crippen LogP contribution in [0.3, 0.4) is 0 Å². The van der Waals surface area contributed by atoms with E-state index in [1.807, 2.05) is 19.1 Å². The molecule has 1 saturated carbocycles. The Labute approximate surface area is 183 Å². The zero-order chi connectivity index (χ0) is 17.8. The standard InChI is InChI=1S/C18H23N2O.CH3NO.Nd/c1-14(2)17-7-4-3-6-15(17)11-13-19-12-5-8-18(21)20-16-9-10-16;2-1-3;/h3-8,19H,1,9-13H2,2H3,(H,20,21);1H,(H2,2,3);/q-1;;/b8-5+;;. The Hall–Kier alpha value is -1.05. The van der Waals surface area contributed by atoms with E-state index in [2.05, 4.69) is 41.1 Å². The maximum Gasteiger partial charge on any atom is 0.214 e. The van der Waals surface area contributed by atoms with Crippen LogP contribution in [0.4, 0.5) is 0 Å². The van der Waals surface area contributed by atoms with Gasteiger partial charge in [-0.25, -0.2) is 6.04 Å². The number of hydrogen-bond acceptors (Lipinski definition) is 3. The van der Waals surface area contributed by atoms with Crippen LogP contribution in [-0.2, 0) is 16.0 Å². The number of primary amides is 1. The first-order valence-corrected chi connectivity index (χ1v) is 8.00. The number of amides is 2. The zero-order valence-electron chi connectivity index (χ0n) is 14.7. The van der Waals surface area contributed by atoms with Crippen molar-refractivity contribution in [3.63, 3.8) is 0 Å². The van der Waals surface area contributed by atoms with Gasteiger partial charge in [0, 0.05) is 47.4 Å². The van der Waals surface area contributed by atoms with Crippen molar-refractivity contribution in [3.05, 3.63) is 60.2 Å². The predicted octanol–water partition coefficient (Wildman–Crippen LogP) is 1.95. The number of hydrogen-bond donors (Lipinski definition) is 3. The van der Waals surface area contributed by atoms with E-state index in [0.717, 1.165) is 37.4 Å². The number of nitrogens with two attached hydrogens (primary N) is 1. The molecule has 0 saturated heterocycles. The fourth-order valence-corrected chi connectivity index (χ4v) is 2.13. The second kappa shape index (κ2) is 14.2. The average molecular weight is 473 g/mol. The number of nitrogens with one attached hydrogen (secondary N) is 2. The fourth-order valence-electron chi connectivity index (χ4n) is 2.13. The van der Waals surface area contributed by atoms with Gasteiger partial charge in [0.15, 0.2) is 0 Å². The van der Waals surface area contributed by atoms with Crippen LogP contribution >= 0.6 is 0 Å². The number of allylic oxidation sites excluding steroid dienone is 1. The Kier molecular flexibility index (Phi) is 13.6. The molecule has 0 heterocycles. The summed E-state index contributed by atoms with van der Waals surface area (Å²) in [7, 11) is 0. The molecule has 1 fully saturated rings. The van der Waals surface area contributed by atoms with Crippen LogP contribution in [-0.4, -0.2) is 25.4 Å². The van der Waals surface area contributed by atoms with E-state index in [9.17, 15) is 4.79 Å². The first-order valence-electron chi connectivity index (χ1n) is 8.00. The molecule has 1 aliphatic carbocycles. The maximum absolute atomic E-state index is 11.4. The monoisotopic (exact) mass is 470 g/mol. The van der Waals surface area contributed by atoms with Crippen LogP contribution in [0.1, 0.15) is 30.9 Å². The first-order chi connectivity index (χ1) is 11.6. The summed E-state index contributed by atoms with van der Waals surface area (Å²) < 4.78 is 0.